The topological polar surface area (TPSA) is 50.3 Å². The average molecular weight is 327 g/mol. The van der Waals surface area contributed by atoms with Crippen LogP contribution >= 0.6 is 0 Å². The molecule has 4 heteroatoms. The lowest BCUT2D eigenvalue weighted by molar-refractivity contribution is 0.415. The molecule has 1 heterocycles. The van der Waals surface area contributed by atoms with Crippen LogP contribution in [0.4, 0.5) is 5.69 Å². The first-order chi connectivity index (χ1) is 12.3. The third-order valence-corrected chi connectivity index (χ3v) is 3.99. The van der Waals surface area contributed by atoms with Gasteiger partial charge in [-0.3, -0.25) is 4.99 Å². The SMILES string of the molecule is COc1ccc(C=Nc2ccc3nc(-c4ccccc4)[nH]c3c2)cc1. The lowest BCUT2D eigenvalue weighted by atomic mass is 10.2. The van der Waals surface area contributed by atoms with Crippen LogP contribution in [0.1, 0.15) is 5.56 Å². The predicted octanol–water partition coefficient (Wildman–Crippen LogP) is 4.99. The lowest BCUT2D eigenvalue weighted by Gasteiger charge is -1.99. The normalized spacial score (nSPS) is 11.2. The van der Waals surface area contributed by atoms with Gasteiger partial charge >= 0.3 is 0 Å². The molecular weight excluding hydrogens is 310 g/mol. The van der Waals surface area contributed by atoms with Crippen LogP contribution in [0, 0.1) is 0 Å². The Hall–Kier alpha value is -3.40. The van der Waals surface area contributed by atoms with E-state index in [-0.39, 0.29) is 0 Å². The number of aromatic nitrogens is 2. The van der Waals surface area contributed by atoms with E-state index in [0.29, 0.717) is 0 Å². The van der Waals surface area contributed by atoms with E-state index >= 15 is 0 Å². The number of rotatable bonds is 4. The van der Waals surface area contributed by atoms with Crippen molar-refractivity contribution in [2.75, 3.05) is 7.11 Å². The number of imidazole rings is 1. The molecule has 0 saturated heterocycles. The number of nitrogens with one attached hydrogen (secondary N) is 1. The molecule has 25 heavy (non-hydrogen) atoms. The third-order valence-electron chi connectivity index (χ3n) is 3.99. The van der Waals surface area contributed by atoms with Gasteiger partial charge in [-0.15, -0.1) is 0 Å². The highest BCUT2D eigenvalue weighted by Gasteiger charge is 2.05. The maximum Gasteiger partial charge on any atom is 0.138 e. The first kappa shape index (κ1) is 15.1. The smallest absolute Gasteiger partial charge is 0.138 e. The summed E-state index contributed by atoms with van der Waals surface area (Å²) in [6, 6.07) is 23.9. The molecule has 0 bridgehead atoms. The Morgan fingerprint density at radius 3 is 2.52 bits per heavy atom. The summed E-state index contributed by atoms with van der Waals surface area (Å²) in [6.45, 7) is 0. The fourth-order valence-corrected chi connectivity index (χ4v) is 2.65. The van der Waals surface area contributed by atoms with Gasteiger partial charge in [-0.05, 0) is 48.0 Å². The number of aromatic amines is 1. The predicted molar refractivity (Wildman–Crippen MR) is 102 cm³/mol. The number of H-pyrrole nitrogens is 1. The molecule has 4 rings (SSSR count). The molecule has 4 aromatic rings. The molecule has 0 aliphatic rings. The molecule has 3 aromatic carbocycles. The molecule has 0 saturated carbocycles. The molecule has 0 amide bonds. The van der Waals surface area contributed by atoms with E-state index in [1.807, 2.05) is 79.0 Å². The number of fused-ring (bicyclic) bond motifs is 1. The van der Waals surface area contributed by atoms with Crippen LogP contribution in [-0.4, -0.2) is 23.3 Å². The Labute approximate surface area is 145 Å². The number of benzene rings is 3. The Balaban J connectivity index is 1.61. The number of hydrogen-bond acceptors (Lipinski definition) is 3. The van der Waals surface area contributed by atoms with E-state index < -0.39 is 0 Å². The Bertz CT molecular complexity index is 1020. The minimum atomic E-state index is 0.837. The fourth-order valence-electron chi connectivity index (χ4n) is 2.65. The summed E-state index contributed by atoms with van der Waals surface area (Å²) in [5.74, 6) is 1.70. The van der Waals surface area contributed by atoms with Gasteiger partial charge < -0.3 is 9.72 Å². The zero-order valence-corrected chi connectivity index (χ0v) is 13.8. The van der Waals surface area contributed by atoms with Crippen molar-refractivity contribution < 1.29 is 4.74 Å². The summed E-state index contributed by atoms with van der Waals surface area (Å²) in [7, 11) is 1.66. The highest BCUT2D eigenvalue weighted by Crippen LogP contribution is 2.24. The van der Waals surface area contributed by atoms with Gasteiger partial charge in [-0.25, -0.2) is 4.98 Å². The van der Waals surface area contributed by atoms with Gasteiger partial charge in [-0.2, -0.15) is 0 Å². The van der Waals surface area contributed by atoms with Crippen LogP contribution in [0.5, 0.6) is 5.75 Å². The number of nitrogens with zero attached hydrogens (tertiary/aromatic N) is 2. The molecule has 1 N–H and O–H groups in total. The number of hydrogen-bond donors (Lipinski definition) is 1. The van der Waals surface area contributed by atoms with Crippen LogP contribution in [-0.2, 0) is 0 Å². The molecule has 0 atom stereocenters. The van der Waals surface area contributed by atoms with E-state index in [2.05, 4.69) is 15.0 Å². The molecule has 0 aliphatic heterocycles. The summed E-state index contributed by atoms with van der Waals surface area (Å²) in [6.07, 6.45) is 1.84. The van der Waals surface area contributed by atoms with Gasteiger partial charge in [0.05, 0.1) is 23.8 Å². The van der Waals surface area contributed by atoms with Crippen LogP contribution in [0.2, 0.25) is 0 Å². The van der Waals surface area contributed by atoms with Gasteiger partial charge in [0, 0.05) is 11.8 Å². The standard InChI is InChI=1S/C21H17N3O/c1-25-18-10-7-15(8-11-18)14-22-17-9-12-19-20(13-17)24-21(23-19)16-5-3-2-4-6-16/h2-14H,1H3,(H,23,24). The maximum absolute atomic E-state index is 5.16. The minimum Gasteiger partial charge on any atom is -0.497 e. The first-order valence-electron chi connectivity index (χ1n) is 8.05. The second kappa shape index (κ2) is 6.61. The highest BCUT2D eigenvalue weighted by atomic mass is 16.5. The maximum atomic E-state index is 5.16. The van der Waals surface area contributed by atoms with Crippen molar-refractivity contribution in [3.05, 3.63) is 78.4 Å². The van der Waals surface area contributed by atoms with Crippen molar-refractivity contribution in [2.45, 2.75) is 0 Å². The van der Waals surface area contributed by atoms with E-state index in [4.69, 9.17) is 4.74 Å². The number of methoxy groups -OCH3 is 1. The molecule has 122 valence electrons. The number of ether oxygens (including phenoxy) is 1. The van der Waals surface area contributed by atoms with E-state index in [0.717, 1.165) is 39.4 Å². The van der Waals surface area contributed by atoms with Gasteiger partial charge in [0.1, 0.15) is 11.6 Å². The Kier molecular flexibility index (Phi) is 4.01. The van der Waals surface area contributed by atoms with Crippen molar-refractivity contribution in [2.24, 2.45) is 4.99 Å². The van der Waals surface area contributed by atoms with Crippen LogP contribution in [0.15, 0.2) is 77.8 Å². The second-order valence-electron chi connectivity index (χ2n) is 5.68. The van der Waals surface area contributed by atoms with Crippen LogP contribution in [0.25, 0.3) is 22.4 Å². The largest absolute Gasteiger partial charge is 0.497 e. The molecule has 0 radical (unpaired) electrons. The highest BCUT2D eigenvalue weighted by molar-refractivity contribution is 5.86. The van der Waals surface area contributed by atoms with Crippen molar-refractivity contribution >= 4 is 22.9 Å². The minimum absolute atomic E-state index is 0.837. The summed E-state index contributed by atoms with van der Waals surface area (Å²) in [4.78, 5) is 12.6. The van der Waals surface area contributed by atoms with Crippen LogP contribution < -0.4 is 4.74 Å². The van der Waals surface area contributed by atoms with Crippen LogP contribution in [0.3, 0.4) is 0 Å². The molecule has 0 aliphatic carbocycles. The third kappa shape index (κ3) is 3.28. The monoisotopic (exact) mass is 327 g/mol. The molecule has 0 unspecified atom stereocenters. The fraction of sp³-hybridized carbons (Fsp3) is 0.0476. The Morgan fingerprint density at radius 1 is 0.960 bits per heavy atom. The molecule has 0 spiro atoms. The lowest BCUT2D eigenvalue weighted by Crippen LogP contribution is -1.84. The summed E-state index contributed by atoms with van der Waals surface area (Å²) in [5.41, 5.74) is 4.88. The van der Waals surface area contributed by atoms with Gasteiger partial charge in [0.2, 0.25) is 0 Å². The van der Waals surface area contributed by atoms with E-state index in [1.54, 1.807) is 7.11 Å². The summed E-state index contributed by atoms with van der Waals surface area (Å²) in [5, 5.41) is 0. The first-order valence-corrected chi connectivity index (χ1v) is 8.05. The van der Waals surface area contributed by atoms with Gasteiger partial charge in [-0.1, -0.05) is 30.3 Å². The summed E-state index contributed by atoms with van der Waals surface area (Å²) >= 11 is 0. The Morgan fingerprint density at radius 2 is 1.76 bits per heavy atom. The van der Waals surface area contributed by atoms with Crippen molar-refractivity contribution in [1.29, 1.82) is 0 Å². The quantitative estimate of drug-likeness (QED) is 0.537. The molecule has 1 aromatic heterocycles. The van der Waals surface area contributed by atoms with E-state index in [1.165, 1.54) is 0 Å². The molecule has 0 fully saturated rings. The second-order valence-corrected chi connectivity index (χ2v) is 5.68. The zero-order chi connectivity index (χ0) is 17.1. The number of aliphatic imine (C=N–C) groups is 1. The van der Waals surface area contributed by atoms with Gasteiger partial charge in [0.15, 0.2) is 0 Å². The summed E-state index contributed by atoms with van der Waals surface area (Å²) < 4.78 is 5.16. The molecule has 4 nitrogen and oxygen atoms in total. The van der Waals surface area contributed by atoms with Crippen molar-refractivity contribution in [3.63, 3.8) is 0 Å². The molecular formula is C21H17N3O. The van der Waals surface area contributed by atoms with E-state index in [9.17, 15) is 0 Å². The van der Waals surface area contributed by atoms with Crippen molar-refractivity contribution in [1.82, 2.24) is 9.97 Å². The van der Waals surface area contributed by atoms with Crippen molar-refractivity contribution in [3.8, 4) is 17.1 Å². The average Bonchev–Trinajstić information content (AvgIpc) is 3.11. The van der Waals surface area contributed by atoms with Gasteiger partial charge in [0.25, 0.3) is 0 Å². The zero-order valence-electron chi connectivity index (χ0n) is 13.8.